The highest BCUT2D eigenvalue weighted by atomic mass is 16.4. The first-order valence-electron chi connectivity index (χ1n) is 2.77. The van der Waals surface area contributed by atoms with Gasteiger partial charge in [0.1, 0.15) is 0 Å². The fourth-order valence-corrected chi connectivity index (χ4v) is 0.728. The van der Waals surface area contributed by atoms with Crippen molar-refractivity contribution in [1.82, 2.24) is 0 Å². The summed E-state index contributed by atoms with van der Waals surface area (Å²) in [4.78, 5) is 0. The van der Waals surface area contributed by atoms with Crippen LogP contribution in [-0.2, 0) is 0 Å². The van der Waals surface area contributed by atoms with E-state index in [2.05, 4.69) is 0 Å². The zero-order valence-corrected chi connectivity index (χ0v) is 4.67. The van der Waals surface area contributed by atoms with Crippen LogP contribution in [0.5, 0.6) is 0 Å². The molecule has 0 atom stereocenters. The minimum absolute atomic E-state index is 0.319. The molecule has 1 rings (SSSR count). The van der Waals surface area contributed by atoms with Crippen LogP contribution in [0.25, 0.3) is 0 Å². The van der Waals surface area contributed by atoms with Crippen molar-refractivity contribution < 1.29 is 10.0 Å². The molecule has 1 fully saturated rings. The summed E-state index contributed by atoms with van der Waals surface area (Å²) in [6.45, 7) is 0.394. The van der Waals surface area contributed by atoms with Crippen molar-refractivity contribution in [1.29, 1.82) is 0 Å². The molecule has 0 radical (unpaired) electrons. The molecule has 0 aromatic rings. The van der Waals surface area contributed by atoms with E-state index in [9.17, 15) is 0 Å². The molecular formula is C4H10BNO2. The summed E-state index contributed by atoms with van der Waals surface area (Å²) >= 11 is 0. The summed E-state index contributed by atoms with van der Waals surface area (Å²) in [7, 11) is -1.20. The third-order valence-corrected chi connectivity index (χ3v) is 1.85. The van der Waals surface area contributed by atoms with Gasteiger partial charge in [-0.25, -0.2) is 0 Å². The summed E-state index contributed by atoms with van der Waals surface area (Å²) in [5.74, 6) is 0. The molecule has 0 saturated heterocycles. The van der Waals surface area contributed by atoms with Crippen LogP contribution in [0.4, 0.5) is 0 Å². The smallest absolute Gasteiger partial charge is 0.427 e. The predicted octanol–water partition coefficient (Wildman–Crippen LogP) is -1.05. The molecular weight excluding hydrogens is 105 g/mol. The molecule has 0 bridgehead atoms. The van der Waals surface area contributed by atoms with E-state index in [4.69, 9.17) is 15.8 Å². The second-order valence-electron chi connectivity index (χ2n) is 2.44. The highest BCUT2D eigenvalue weighted by molar-refractivity contribution is 6.47. The van der Waals surface area contributed by atoms with Crippen molar-refractivity contribution >= 4 is 7.12 Å². The van der Waals surface area contributed by atoms with Crippen LogP contribution in [0.1, 0.15) is 12.8 Å². The fraction of sp³-hybridized carbons (Fsp3) is 1.00. The minimum Gasteiger partial charge on any atom is -0.427 e. The van der Waals surface area contributed by atoms with Gasteiger partial charge in [-0.3, -0.25) is 0 Å². The van der Waals surface area contributed by atoms with Gasteiger partial charge in [-0.05, 0) is 19.4 Å². The largest absolute Gasteiger partial charge is 0.459 e. The predicted molar refractivity (Wildman–Crippen MR) is 31.2 cm³/mol. The Labute approximate surface area is 48.6 Å². The van der Waals surface area contributed by atoms with Gasteiger partial charge in [0.2, 0.25) is 0 Å². The second-order valence-corrected chi connectivity index (χ2v) is 2.44. The van der Waals surface area contributed by atoms with Gasteiger partial charge in [0.25, 0.3) is 0 Å². The van der Waals surface area contributed by atoms with Gasteiger partial charge in [-0.1, -0.05) is 0 Å². The lowest BCUT2D eigenvalue weighted by Gasteiger charge is -2.07. The number of rotatable bonds is 2. The number of hydrogen-bond acceptors (Lipinski definition) is 3. The summed E-state index contributed by atoms with van der Waals surface area (Å²) in [5.41, 5.74) is 5.25. The zero-order chi connectivity index (χ0) is 6.20. The van der Waals surface area contributed by atoms with Gasteiger partial charge in [0.05, 0.1) is 0 Å². The maximum Gasteiger partial charge on any atom is 0.459 e. The normalized spacial score (nSPS) is 22.9. The Balaban J connectivity index is 2.41. The van der Waals surface area contributed by atoms with E-state index in [0.29, 0.717) is 6.54 Å². The van der Waals surface area contributed by atoms with Crippen LogP contribution in [0, 0.1) is 0 Å². The van der Waals surface area contributed by atoms with E-state index < -0.39 is 7.12 Å². The Morgan fingerprint density at radius 1 is 1.50 bits per heavy atom. The Morgan fingerprint density at radius 2 is 2.00 bits per heavy atom. The first-order chi connectivity index (χ1) is 3.71. The van der Waals surface area contributed by atoms with Gasteiger partial charge in [-0.15, -0.1) is 0 Å². The molecule has 3 nitrogen and oxygen atoms in total. The highest BCUT2D eigenvalue weighted by Gasteiger charge is 2.51. The lowest BCUT2D eigenvalue weighted by atomic mass is 9.69. The van der Waals surface area contributed by atoms with E-state index in [0.717, 1.165) is 12.8 Å². The molecule has 0 spiro atoms. The molecule has 0 aromatic carbocycles. The zero-order valence-electron chi connectivity index (χ0n) is 4.67. The van der Waals surface area contributed by atoms with E-state index in [1.807, 2.05) is 0 Å². The molecule has 46 valence electrons. The lowest BCUT2D eigenvalue weighted by molar-refractivity contribution is 0.380. The third kappa shape index (κ3) is 0.748. The average Bonchev–Trinajstić information content (AvgIpc) is 2.44. The molecule has 0 amide bonds. The average molecular weight is 115 g/mol. The van der Waals surface area contributed by atoms with E-state index in [-0.39, 0.29) is 5.31 Å². The molecule has 4 N–H and O–H groups in total. The molecule has 1 aliphatic rings. The molecule has 8 heavy (non-hydrogen) atoms. The van der Waals surface area contributed by atoms with Crippen LogP contribution in [0.15, 0.2) is 0 Å². The molecule has 4 heteroatoms. The molecule has 0 aliphatic heterocycles. The maximum absolute atomic E-state index is 8.62. The van der Waals surface area contributed by atoms with E-state index in [1.54, 1.807) is 0 Å². The first kappa shape index (κ1) is 6.07. The van der Waals surface area contributed by atoms with Crippen molar-refractivity contribution in [3.63, 3.8) is 0 Å². The molecule has 1 aliphatic carbocycles. The quantitative estimate of drug-likeness (QED) is 0.402. The van der Waals surface area contributed by atoms with E-state index in [1.165, 1.54) is 0 Å². The Morgan fingerprint density at radius 3 is 2.00 bits per heavy atom. The molecule has 0 heterocycles. The number of nitrogens with two attached hydrogens (primary N) is 1. The van der Waals surface area contributed by atoms with Crippen LogP contribution in [0.3, 0.4) is 0 Å². The van der Waals surface area contributed by atoms with Gasteiger partial charge in [0, 0.05) is 5.31 Å². The van der Waals surface area contributed by atoms with Crippen molar-refractivity contribution in [2.45, 2.75) is 18.2 Å². The Kier molecular flexibility index (Phi) is 1.31. The van der Waals surface area contributed by atoms with Crippen molar-refractivity contribution in [2.24, 2.45) is 5.73 Å². The van der Waals surface area contributed by atoms with Gasteiger partial charge in [0.15, 0.2) is 0 Å². The van der Waals surface area contributed by atoms with E-state index >= 15 is 0 Å². The van der Waals surface area contributed by atoms with Crippen molar-refractivity contribution in [3.8, 4) is 0 Å². The van der Waals surface area contributed by atoms with Crippen molar-refractivity contribution in [3.05, 3.63) is 0 Å². The fourth-order valence-electron chi connectivity index (χ4n) is 0.728. The SMILES string of the molecule is NCC1(B(O)O)CC1. The standard InChI is InChI=1S/C4H10BNO2/c6-3-4(1-2-4)5(7)8/h7-8H,1-3,6H2. The van der Waals surface area contributed by atoms with Gasteiger partial charge < -0.3 is 15.8 Å². The summed E-state index contributed by atoms with van der Waals surface area (Å²) in [6, 6.07) is 0. The second kappa shape index (κ2) is 1.72. The lowest BCUT2D eigenvalue weighted by Crippen LogP contribution is -2.28. The van der Waals surface area contributed by atoms with Crippen LogP contribution >= 0.6 is 0 Å². The minimum atomic E-state index is -1.20. The Hall–Kier alpha value is -0.0551. The summed E-state index contributed by atoms with van der Waals surface area (Å²) < 4.78 is 0. The van der Waals surface area contributed by atoms with Crippen molar-refractivity contribution in [2.75, 3.05) is 6.54 Å². The summed E-state index contributed by atoms with van der Waals surface area (Å²) in [6.07, 6.45) is 1.72. The first-order valence-corrected chi connectivity index (χ1v) is 2.77. The third-order valence-electron chi connectivity index (χ3n) is 1.85. The topological polar surface area (TPSA) is 66.5 Å². The maximum atomic E-state index is 8.62. The van der Waals surface area contributed by atoms with Crippen LogP contribution < -0.4 is 5.73 Å². The van der Waals surface area contributed by atoms with Gasteiger partial charge in [-0.2, -0.15) is 0 Å². The molecule has 0 aromatic heterocycles. The highest BCUT2D eigenvalue weighted by Crippen LogP contribution is 2.53. The molecule has 1 saturated carbocycles. The molecule has 0 unspecified atom stereocenters. The van der Waals surface area contributed by atoms with Crippen LogP contribution in [-0.4, -0.2) is 23.7 Å². The Bertz CT molecular complexity index is 92.0. The van der Waals surface area contributed by atoms with Crippen LogP contribution in [0.2, 0.25) is 5.31 Å². The summed E-state index contributed by atoms with van der Waals surface area (Å²) in [5, 5.41) is 16.9. The number of hydrogen-bond donors (Lipinski definition) is 3. The van der Waals surface area contributed by atoms with Gasteiger partial charge >= 0.3 is 7.12 Å². The monoisotopic (exact) mass is 115 g/mol.